The Morgan fingerprint density at radius 2 is 1.75 bits per heavy atom. The Kier molecular flexibility index (Phi) is 2.27. The predicted molar refractivity (Wildman–Crippen MR) is 56.6 cm³/mol. The summed E-state index contributed by atoms with van der Waals surface area (Å²) in [6.07, 6.45) is 7.41. The SMILES string of the molecule is CC(C)C1CCC2(CC1)CC2Br. The van der Waals surface area contributed by atoms with Gasteiger partial charge >= 0.3 is 0 Å². The maximum atomic E-state index is 3.76. The number of halogens is 1. The van der Waals surface area contributed by atoms with Crippen LogP contribution in [0.5, 0.6) is 0 Å². The topological polar surface area (TPSA) is 0 Å². The molecule has 0 N–H and O–H groups in total. The van der Waals surface area contributed by atoms with Crippen molar-refractivity contribution >= 4 is 15.9 Å². The summed E-state index contributed by atoms with van der Waals surface area (Å²) >= 11 is 3.76. The predicted octanol–water partition coefficient (Wildman–Crippen LogP) is 3.99. The van der Waals surface area contributed by atoms with Gasteiger partial charge < -0.3 is 0 Å². The average Bonchev–Trinajstić information content (AvgIpc) is 2.62. The normalized spacial score (nSPS) is 47.0. The van der Waals surface area contributed by atoms with Crippen molar-refractivity contribution in [2.45, 2.75) is 50.8 Å². The van der Waals surface area contributed by atoms with Crippen LogP contribution >= 0.6 is 15.9 Å². The van der Waals surface area contributed by atoms with Gasteiger partial charge in [-0.05, 0) is 49.4 Å². The Bertz CT molecular complexity index is 166. The largest absolute Gasteiger partial charge is 0.0884 e. The summed E-state index contributed by atoms with van der Waals surface area (Å²) in [6.45, 7) is 4.75. The van der Waals surface area contributed by atoms with Crippen LogP contribution in [0, 0.1) is 17.3 Å². The molecule has 0 saturated heterocycles. The quantitative estimate of drug-likeness (QED) is 0.598. The Labute approximate surface area is 84.2 Å². The van der Waals surface area contributed by atoms with Crippen molar-refractivity contribution in [1.82, 2.24) is 0 Å². The molecule has 0 heterocycles. The molecular formula is C11H19Br. The standard InChI is InChI=1S/C11H19Br/c1-8(2)9-3-5-11(6-4-9)7-10(11)12/h8-10H,3-7H2,1-2H3. The molecule has 12 heavy (non-hydrogen) atoms. The number of alkyl halides is 1. The molecule has 0 bridgehead atoms. The zero-order chi connectivity index (χ0) is 8.77. The van der Waals surface area contributed by atoms with Crippen molar-refractivity contribution < 1.29 is 0 Å². The van der Waals surface area contributed by atoms with Crippen LogP contribution in [0.4, 0.5) is 0 Å². The van der Waals surface area contributed by atoms with E-state index < -0.39 is 0 Å². The minimum absolute atomic E-state index is 0.769. The second-order valence-corrected chi connectivity index (χ2v) is 6.22. The Balaban J connectivity index is 1.86. The molecule has 1 unspecified atom stereocenters. The third kappa shape index (κ3) is 1.45. The summed E-state index contributed by atoms with van der Waals surface area (Å²) < 4.78 is 0. The van der Waals surface area contributed by atoms with E-state index in [1.807, 2.05) is 0 Å². The van der Waals surface area contributed by atoms with E-state index >= 15 is 0 Å². The van der Waals surface area contributed by atoms with Gasteiger partial charge in [0.1, 0.15) is 0 Å². The first kappa shape index (κ1) is 9.05. The van der Waals surface area contributed by atoms with Crippen LogP contribution in [0.15, 0.2) is 0 Å². The number of rotatable bonds is 1. The molecule has 2 fully saturated rings. The van der Waals surface area contributed by atoms with Crippen molar-refractivity contribution in [3.8, 4) is 0 Å². The van der Waals surface area contributed by atoms with Gasteiger partial charge in [0.05, 0.1) is 0 Å². The molecule has 0 aromatic heterocycles. The van der Waals surface area contributed by atoms with E-state index in [0.29, 0.717) is 0 Å². The van der Waals surface area contributed by atoms with Crippen LogP contribution in [0.2, 0.25) is 0 Å². The molecule has 2 saturated carbocycles. The first-order valence-electron chi connectivity index (χ1n) is 5.28. The smallest absolute Gasteiger partial charge is 0.0208 e. The summed E-state index contributed by atoms with van der Waals surface area (Å²) in [5.74, 6) is 1.94. The third-order valence-corrected chi connectivity index (χ3v) is 5.35. The second-order valence-electron chi connectivity index (χ2n) is 5.12. The van der Waals surface area contributed by atoms with Crippen molar-refractivity contribution in [3.63, 3.8) is 0 Å². The summed E-state index contributed by atoms with van der Waals surface area (Å²) in [4.78, 5) is 0.873. The van der Waals surface area contributed by atoms with Crippen LogP contribution in [0.3, 0.4) is 0 Å². The molecule has 2 aliphatic rings. The molecule has 0 aliphatic heterocycles. The van der Waals surface area contributed by atoms with Gasteiger partial charge in [-0.1, -0.05) is 29.8 Å². The minimum atomic E-state index is 0.769. The highest BCUT2D eigenvalue weighted by molar-refractivity contribution is 9.09. The molecule has 0 radical (unpaired) electrons. The fourth-order valence-corrected chi connectivity index (χ4v) is 3.80. The zero-order valence-corrected chi connectivity index (χ0v) is 9.73. The lowest BCUT2D eigenvalue weighted by Gasteiger charge is -2.31. The summed E-state index contributed by atoms with van der Waals surface area (Å²) in [6, 6.07) is 0. The average molecular weight is 231 g/mol. The summed E-state index contributed by atoms with van der Waals surface area (Å²) in [5, 5.41) is 0. The fraction of sp³-hybridized carbons (Fsp3) is 1.00. The zero-order valence-electron chi connectivity index (χ0n) is 8.15. The highest BCUT2D eigenvalue weighted by Gasteiger charge is 2.53. The van der Waals surface area contributed by atoms with Gasteiger partial charge in [-0.2, -0.15) is 0 Å². The van der Waals surface area contributed by atoms with Gasteiger partial charge in [-0.25, -0.2) is 0 Å². The second kappa shape index (κ2) is 3.01. The molecular weight excluding hydrogens is 212 g/mol. The van der Waals surface area contributed by atoms with Gasteiger partial charge in [0.2, 0.25) is 0 Å². The van der Waals surface area contributed by atoms with Crippen molar-refractivity contribution in [3.05, 3.63) is 0 Å². The maximum absolute atomic E-state index is 3.76. The van der Waals surface area contributed by atoms with E-state index in [-0.39, 0.29) is 0 Å². The van der Waals surface area contributed by atoms with Gasteiger partial charge in [0, 0.05) is 4.83 Å². The fourth-order valence-electron chi connectivity index (χ4n) is 2.70. The molecule has 1 spiro atoms. The van der Waals surface area contributed by atoms with Crippen LogP contribution in [-0.2, 0) is 0 Å². The highest BCUT2D eigenvalue weighted by Crippen LogP contribution is 2.61. The first-order chi connectivity index (χ1) is 5.64. The molecule has 0 nitrogen and oxygen atoms in total. The van der Waals surface area contributed by atoms with E-state index in [2.05, 4.69) is 29.8 Å². The molecule has 1 atom stereocenters. The van der Waals surface area contributed by atoms with Crippen molar-refractivity contribution in [2.75, 3.05) is 0 Å². The van der Waals surface area contributed by atoms with Crippen LogP contribution in [0.25, 0.3) is 0 Å². The van der Waals surface area contributed by atoms with Crippen molar-refractivity contribution in [2.24, 2.45) is 17.3 Å². The lowest BCUT2D eigenvalue weighted by atomic mass is 9.75. The van der Waals surface area contributed by atoms with E-state index in [9.17, 15) is 0 Å². The highest BCUT2D eigenvalue weighted by atomic mass is 79.9. The number of hydrogen-bond acceptors (Lipinski definition) is 0. The maximum Gasteiger partial charge on any atom is 0.0208 e. The first-order valence-corrected chi connectivity index (χ1v) is 6.20. The molecule has 2 rings (SSSR count). The van der Waals surface area contributed by atoms with E-state index in [0.717, 1.165) is 22.1 Å². The minimum Gasteiger partial charge on any atom is -0.0884 e. The molecule has 1 heteroatoms. The lowest BCUT2D eigenvalue weighted by Crippen LogP contribution is -2.20. The van der Waals surface area contributed by atoms with E-state index in [1.54, 1.807) is 0 Å². The number of hydrogen-bond donors (Lipinski definition) is 0. The molecule has 0 amide bonds. The van der Waals surface area contributed by atoms with E-state index in [4.69, 9.17) is 0 Å². The van der Waals surface area contributed by atoms with Crippen molar-refractivity contribution in [1.29, 1.82) is 0 Å². The van der Waals surface area contributed by atoms with Gasteiger partial charge in [0.25, 0.3) is 0 Å². The third-order valence-electron chi connectivity index (χ3n) is 4.06. The molecule has 2 aliphatic carbocycles. The van der Waals surface area contributed by atoms with Crippen LogP contribution in [-0.4, -0.2) is 4.83 Å². The van der Waals surface area contributed by atoms with Gasteiger partial charge in [-0.3, -0.25) is 0 Å². The molecule has 0 aromatic carbocycles. The summed E-state index contributed by atoms with van der Waals surface area (Å²) in [5.41, 5.74) is 0.769. The Morgan fingerprint density at radius 1 is 1.25 bits per heavy atom. The van der Waals surface area contributed by atoms with E-state index in [1.165, 1.54) is 32.1 Å². The Morgan fingerprint density at radius 3 is 2.08 bits per heavy atom. The van der Waals surface area contributed by atoms with Gasteiger partial charge in [-0.15, -0.1) is 0 Å². The monoisotopic (exact) mass is 230 g/mol. The lowest BCUT2D eigenvalue weighted by molar-refractivity contribution is 0.212. The molecule has 0 aromatic rings. The Hall–Kier alpha value is 0.480. The van der Waals surface area contributed by atoms with Crippen LogP contribution in [0.1, 0.15) is 46.0 Å². The molecule has 70 valence electrons. The summed E-state index contributed by atoms with van der Waals surface area (Å²) in [7, 11) is 0. The van der Waals surface area contributed by atoms with Crippen LogP contribution < -0.4 is 0 Å². The van der Waals surface area contributed by atoms with Gasteiger partial charge in [0.15, 0.2) is 0 Å².